The number of carbonyl (C=O) groups excluding carboxylic acids is 4. The van der Waals surface area contributed by atoms with Crippen LogP contribution in [0, 0.1) is 0 Å². The maximum Gasteiger partial charge on any atom is 0.306 e. The van der Waals surface area contributed by atoms with Gasteiger partial charge in [-0.05, 0) is 84.1 Å². The van der Waals surface area contributed by atoms with Crippen molar-refractivity contribution < 1.29 is 42.9 Å². The van der Waals surface area contributed by atoms with Crippen molar-refractivity contribution in [2.24, 2.45) is 0 Å². The molecule has 0 aliphatic heterocycles. The predicted molar refractivity (Wildman–Crippen MR) is 254 cm³/mol. The molecule has 0 saturated carbocycles. The van der Waals surface area contributed by atoms with Crippen LogP contribution in [0.25, 0.3) is 0 Å². The standard InChI is InChI=1S/C52H99NO9/c1-7-11-15-19-21-29-37-47(35-27-18-14-10-4)61-51(56)40-32-24-25-33-41-52(57)62-48(44-53(5)42-43-58-6)45-59-49(54)38-30-22-23-31-39-50(55)60-46(34-26-17-13-9-3)36-28-20-16-12-8-2/h46-48H,7-45H2,1-6H3. The molecule has 0 saturated heterocycles. The van der Waals surface area contributed by atoms with Gasteiger partial charge < -0.3 is 28.6 Å². The lowest BCUT2D eigenvalue weighted by molar-refractivity contribution is -0.160. The van der Waals surface area contributed by atoms with E-state index < -0.39 is 6.10 Å². The number of carbonyl (C=O) groups is 4. The molecule has 0 amide bonds. The zero-order valence-electron chi connectivity index (χ0n) is 41.4. The summed E-state index contributed by atoms with van der Waals surface area (Å²) in [5.74, 6) is -0.802. The Morgan fingerprint density at radius 1 is 0.403 bits per heavy atom. The Balaban J connectivity index is 4.56. The van der Waals surface area contributed by atoms with Crippen LogP contribution in [0.15, 0.2) is 0 Å². The molecule has 0 heterocycles. The second-order valence-electron chi connectivity index (χ2n) is 18.1. The first-order valence-corrected chi connectivity index (χ1v) is 26.1. The normalized spacial score (nSPS) is 12.9. The fourth-order valence-corrected chi connectivity index (χ4v) is 7.84. The van der Waals surface area contributed by atoms with Gasteiger partial charge in [-0.3, -0.25) is 19.2 Å². The minimum absolute atomic E-state index is 0.00647. The van der Waals surface area contributed by atoms with Gasteiger partial charge in [-0.2, -0.15) is 0 Å². The summed E-state index contributed by atoms with van der Waals surface area (Å²) in [4.78, 5) is 52.9. The fraction of sp³-hybridized carbons (Fsp3) is 0.923. The van der Waals surface area contributed by atoms with E-state index in [1.807, 2.05) is 11.9 Å². The van der Waals surface area contributed by atoms with Crippen molar-refractivity contribution >= 4 is 23.9 Å². The van der Waals surface area contributed by atoms with E-state index in [0.717, 1.165) is 89.9 Å². The average molecular weight is 882 g/mol. The maximum absolute atomic E-state index is 12.9. The summed E-state index contributed by atoms with van der Waals surface area (Å²) in [7, 11) is 3.57. The zero-order chi connectivity index (χ0) is 45.7. The van der Waals surface area contributed by atoms with E-state index >= 15 is 0 Å². The van der Waals surface area contributed by atoms with Gasteiger partial charge in [-0.1, -0.05) is 150 Å². The summed E-state index contributed by atoms with van der Waals surface area (Å²) in [5.41, 5.74) is 0. The number of ether oxygens (including phenoxy) is 5. The Morgan fingerprint density at radius 3 is 1.08 bits per heavy atom. The van der Waals surface area contributed by atoms with Crippen LogP contribution in [0.3, 0.4) is 0 Å². The number of nitrogens with zero attached hydrogens (tertiary/aromatic N) is 1. The maximum atomic E-state index is 12.9. The number of rotatable bonds is 47. The lowest BCUT2D eigenvalue weighted by Gasteiger charge is -2.24. The summed E-state index contributed by atoms with van der Waals surface area (Å²) in [5, 5.41) is 0. The average Bonchev–Trinajstić information content (AvgIpc) is 3.25. The lowest BCUT2D eigenvalue weighted by Crippen LogP contribution is -2.37. The third-order valence-corrected chi connectivity index (χ3v) is 11.8. The Kier molecular flexibility index (Phi) is 43.8. The van der Waals surface area contributed by atoms with Gasteiger partial charge >= 0.3 is 23.9 Å². The quantitative estimate of drug-likeness (QED) is 0.0332. The summed E-state index contributed by atoms with van der Waals surface area (Å²) in [6, 6.07) is 0. The van der Waals surface area contributed by atoms with Gasteiger partial charge in [0.2, 0.25) is 0 Å². The topological polar surface area (TPSA) is 118 Å². The van der Waals surface area contributed by atoms with Crippen molar-refractivity contribution in [1.82, 2.24) is 4.90 Å². The Bertz CT molecular complexity index is 1040. The van der Waals surface area contributed by atoms with Gasteiger partial charge in [0, 0.05) is 45.9 Å². The first-order chi connectivity index (χ1) is 30.2. The van der Waals surface area contributed by atoms with Gasteiger partial charge in [0.1, 0.15) is 24.9 Å². The van der Waals surface area contributed by atoms with Crippen LogP contribution in [0.2, 0.25) is 0 Å². The molecule has 0 aromatic carbocycles. The van der Waals surface area contributed by atoms with Crippen molar-refractivity contribution in [1.29, 1.82) is 0 Å². The molecule has 0 aliphatic carbocycles. The Hall–Kier alpha value is -2.20. The number of methoxy groups -OCH3 is 1. The number of hydrogen-bond acceptors (Lipinski definition) is 10. The first kappa shape index (κ1) is 59.8. The van der Waals surface area contributed by atoms with Crippen LogP contribution >= 0.6 is 0 Å². The van der Waals surface area contributed by atoms with E-state index in [1.165, 1.54) is 96.3 Å². The lowest BCUT2D eigenvalue weighted by atomic mass is 10.0. The van der Waals surface area contributed by atoms with Crippen molar-refractivity contribution in [2.75, 3.05) is 40.5 Å². The van der Waals surface area contributed by atoms with Crippen LogP contribution in [0.4, 0.5) is 0 Å². The minimum Gasteiger partial charge on any atom is -0.462 e. The SMILES string of the molecule is CCCCCCCCC(CCCCCC)OC(=O)CCCCCCC(=O)OC(COC(=O)CCCCCCC(=O)OC(CCCCCC)CCCCCCC)CN(C)CCOC. The second-order valence-corrected chi connectivity index (χ2v) is 18.1. The largest absolute Gasteiger partial charge is 0.462 e. The van der Waals surface area contributed by atoms with E-state index in [0.29, 0.717) is 45.4 Å². The van der Waals surface area contributed by atoms with Crippen molar-refractivity contribution in [3.05, 3.63) is 0 Å². The van der Waals surface area contributed by atoms with E-state index in [9.17, 15) is 19.2 Å². The Morgan fingerprint density at radius 2 is 0.710 bits per heavy atom. The molecule has 0 rings (SSSR count). The molecule has 0 N–H and O–H groups in total. The van der Waals surface area contributed by atoms with Crippen LogP contribution < -0.4 is 0 Å². The number of esters is 4. The highest BCUT2D eigenvalue weighted by Crippen LogP contribution is 2.20. The minimum atomic E-state index is -0.577. The first-order valence-electron chi connectivity index (χ1n) is 26.1. The van der Waals surface area contributed by atoms with Crippen LogP contribution in [0.5, 0.6) is 0 Å². The Labute approximate surface area is 381 Å². The van der Waals surface area contributed by atoms with E-state index in [2.05, 4.69) is 27.7 Å². The third-order valence-electron chi connectivity index (χ3n) is 11.8. The summed E-state index contributed by atoms with van der Waals surface area (Å²) in [6.45, 7) is 10.5. The number of unbranched alkanes of at least 4 members (excludes halogenated alkanes) is 21. The molecule has 0 radical (unpaired) electrons. The molecule has 62 heavy (non-hydrogen) atoms. The molecule has 10 nitrogen and oxygen atoms in total. The molecule has 0 aromatic heterocycles. The van der Waals surface area contributed by atoms with Gasteiger partial charge in [0.15, 0.2) is 0 Å². The summed E-state index contributed by atoms with van der Waals surface area (Å²) < 4.78 is 28.5. The predicted octanol–water partition coefficient (Wildman–Crippen LogP) is 13.6. The van der Waals surface area contributed by atoms with Crippen molar-refractivity contribution in [3.8, 4) is 0 Å². The third kappa shape index (κ3) is 40.6. The molecule has 0 bridgehead atoms. The molecular weight excluding hydrogens is 783 g/mol. The molecule has 10 heteroatoms. The van der Waals surface area contributed by atoms with Gasteiger partial charge in [0.05, 0.1) is 6.61 Å². The molecule has 0 spiro atoms. The van der Waals surface area contributed by atoms with Crippen LogP contribution in [-0.2, 0) is 42.9 Å². The molecule has 3 atom stereocenters. The molecule has 366 valence electrons. The van der Waals surface area contributed by atoms with Gasteiger partial charge in [0.25, 0.3) is 0 Å². The highest BCUT2D eigenvalue weighted by Gasteiger charge is 2.20. The van der Waals surface area contributed by atoms with E-state index in [1.54, 1.807) is 7.11 Å². The van der Waals surface area contributed by atoms with Crippen LogP contribution in [0.1, 0.15) is 252 Å². The van der Waals surface area contributed by atoms with Crippen molar-refractivity contribution in [3.63, 3.8) is 0 Å². The van der Waals surface area contributed by atoms with Gasteiger partial charge in [-0.15, -0.1) is 0 Å². The van der Waals surface area contributed by atoms with Crippen LogP contribution in [-0.4, -0.2) is 87.5 Å². The van der Waals surface area contributed by atoms with Crippen molar-refractivity contribution in [2.45, 2.75) is 271 Å². The number of likely N-dealkylation sites (N-methyl/N-ethyl adjacent to an activating group) is 1. The highest BCUT2D eigenvalue weighted by atomic mass is 16.6. The smallest absolute Gasteiger partial charge is 0.306 e. The molecule has 3 unspecified atom stereocenters. The fourth-order valence-electron chi connectivity index (χ4n) is 7.84. The van der Waals surface area contributed by atoms with E-state index in [4.69, 9.17) is 23.7 Å². The molecule has 0 fully saturated rings. The monoisotopic (exact) mass is 882 g/mol. The molecule has 0 aromatic rings. The summed E-state index contributed by atoms with van der Waals surface area (Å²) >= 11 is 0. The number of hydrogen-bond donors (Lipinski definition) is 0. The van der Waals surface area contributed by atoms with E-state index in [-0.39, 0.29) is 55.5 Å². The second kappa shape index (κ2) is 45.4. The van der Waals surface area contributed by atoms with Gasteiger partial charge in [-0.25, -0.2) is 0 Å². The molecular formula is C52H99NO9. The zero-order valence-corrected chi connectivity index (χ0v) is 41.4. The highest BCUT2D eigenvalue weighted by molar-refractivity contribution is 5.71. The molecule has 0 aliphatic rings. The summed E-state index contributed by atoms with van der Waals surface area (Å²) in [6.07, 6.45) is 34.0.